The Morgan fingerprint density at radius 2 is 2.21 bits per heavy atom. The van der Waals surface area contributed by atoms with Crippen molar-refractivity contribution < 1.29 is 23.0 Å². The smallest absolute Gasteiger partial charge is 0.265 e. The third-order valence-corrected chi connectivity index (χ3v) is 5.12. The first-order chi connectivity index (χ1) is 11.5. The molecule has 24 heavy (non-hydrogen) atoms. The molecule has 2 aromatic rings. The molecule has 0 bridgehead atoms. The van der Waals surface area contributed by atoms with Crippen LogP contribution in [0, 0.1) is 0 Å². The van der Waals surface area contributed by atoms with Crippen LogP contribution < -0.4 is 9.46 Å². The number of phenolic OH excluding ortho intramolecular Hbond substituents is 1. The number of aromatic nitrogens is 1. The van der Waals surface area contributed by atoms with E-state index >= 15 is 0 Å². The van der Waals surface area contributed by atoms with Gasteiger partial charge < -0.3 is 14.6 Å². The highest BCUT2D eigenvalue weighted by atomic mass is 35.5. The number of aromatic hydroxyl groups is 1. The molecule has 0 saturated carbocycles. The summed E-state index contributed by atoms with van der Waals surface area (Å²) in [5.41, 5.74) is 0.262. The summed E-state index contributed by atoms with van der Waals surface area (Å²) in [4.78, 5) is 3.75. The van der Waals surface area contributed by atoms with Crippen molar-refractivity contribution in [3.05, 3.63) is 41.6 Å². The van der Waals surface area contributed by atoms with E-state index in [1.807, 2.05) is 0 Å². The van der Waals surface area contributed by atoms with Gasteiger partial charge in [-0.2, -0.15) is 0 Å². The van der Waals surface area contributed by atoms with Gasteiger partial charge in [0.15, 0.2) is 5.75 Å². The summed E-state index contributed by atoms with van der Waals surface area (Å²) >= 11 is 5.76. The lowest BCUT2D eigenvalue weighted by Crippen LogP contribution is -2.17. The van der Waals surface area contributed by atoms with Gasteiger partial charge >= 0.3 is 0 Å². The summed E-state index contributed by atoms with van der Waals surface area (Å²) < 4.78 is 38.1. The summed E-state index contributed by atoms with van der Waals surface area (Å²) in [6, 6.07) is 7.06. The second kappa shape index (κ2) is 6.84. The minimum atomic E-state index is -4.00. The SMILES string of the molecule is O=S(=O)(Nc1ccnc(OC2CCOC2)c1)c1cccc(Cl)c1O. The number of anilines is 1. The van der Waals surface area contributed by atoms with E-state index in [0.717, 1.165) is 6.42 Å². The molecule has 0 aliphatic carbocycles. The molecule has 9 heteroatoms. The van der Waals surface area contributed by atoms with Crippen LogP contribution in [0.25, 0.3) is 0 Å². The number of halogens is 1. The third kappa shape index (κ3) is 3.72. The van der Waals surface area contributed by atoms with Crippen molar-refractivity contribution in [1.82, 2.24) is 4.98 Å². The summed E-state index contributed by atoms with van der Waals surface area (Å²) in [6.07, 6.45) is 2.09. The van der Waals surface area contributed by atoms with Gasteiger partial charge in [-0.3, -0.25) is 4.72 Å². The molecular weight excluding hydrogens is 356 g/mol. The lowest BCUT2D eigenvalue weighted by atomic mass is 10.3. The monoisotopic (exact) mass is 370 g/mol. The van der Waals surface area contributed by atoms with Crippen molar-refractivity contribution in [2.45, 2.75) is 17.4 Å². The summed E-state index contributed by atoms with van der Waals surface area (Å²) in [6.45, 7) is 1.11. The second-order valence-corrected chi connectivity index (χ2v) is 7.24. The van der Waals surface area contributed by atoms with Crippen LogP contribution in [0.2, 0.25) is 5.02 Å². The number of pyridine rings is 1. The predicted octanol–water partition coefficient (Wildman–Crippen LogP) is 2.41. The molecule has 1 aromatic carbocycles. The molecule has 3 rings (SSSR count). The molecule has 1 saturated heterocycles. The van der Waals surface area contributed by atoms with E-state index in [4.69, 9.17) is 21.1 Å². The van der Waals surface area contributed by atoms with Crippen molar-refractivity contribution in [2.24, 2.45) is 0 Å². The van der Waals surface area contributed by atoms with Gasteiger partial charge in [-0.15, -0.1) is 0 Å². The molecule has 7 nitrogen and oxygen atoms in total. The first-order valence-electron chi connectivity index (χ1n) is 7.16. The fourth-order valence-corrected chi connectivity index (χ4v) is 3.64. The molecule has 1 aliphatic rings. The number of nitrogens with one attached hydrogen (secondary N) is 1. The molecule has 1 aliphatic heterocycles. The fraction of sp³-hybridized carbons (Fsp3) is 0.267. The second-order valence-electron chi connectivity index (χ2n) is 5.18. The number of ether oxygens (including phenoxy) is 2. The van der Waals surface area contributed by atoms with Crippen LogP contribution in [0.5, 0.6) is 11.6 Å². The highest BCUT2D eigenvalue weighted by Gasteiger charge is 2.21. The Labute approximate surface area is 144 Å². The van der Waals surface area contributed by atoms with Gasteiger partial charge in [-0.05, 0) is 18.2 Å². The number of hydrogen-bond donors (Lipinski definition) is 2. The lowest BCUT2D eigenvalue weighted by Gasteiger charge is -2.13. The van der Waals surface area contributed by atoms with Crippen molar-refractivity contribution in [3.63, 3.8) is 0 Å². The summed E-state index contributed by atoms with van der Waals surface area (Å²) in [7, 11) is -4.00. The van der Waals surface area contributed by atoms with Gasteiger partial charge in [0.25, 0.3) is 10.0 Å². The Kier molecular flexibility index (Phi) is 4.79. The van der Waals surface area contributed by atoms with Crippen LogP contribution in [0.15, 0.2) is 41.4 Å². The standard InChI is InChI=1S/C15H15ClN2O5S/c16-12-2-1-3-13(15(12)19)24(20,21)18-10-4-6-17-14(8-10)23-11-5-7-22-9-11/h1-4,6,8,11,19H,5,7,9H2,(H,17,18). The molecule has 1 aromatic heterocycles. The van der Waals surface area contributed by atoms with E-state index in [9.17, 15) is 13.5 Å². The Morgan fingerprint density at radius 3 is 2.96 bits per heavy atom. The molecule has 2 N–H and O–H groups in total. The highest BCUT2D eigenvalue weighted by Crippen LogP contribution is 2.31. The topological polar surface area (TPSA) is 97.8 Å². The summed E-state index contributed by atoms with van der Waals surface area (Å²) in [5, 5.41) is 9.81. The first kappa shape index (κ1) is 16.8. The average Bonchev–Trinajstić information content (AvgIpc) is 3.02. The summed E-state index contributed by atoms with van der Waals surface area (Å²) in [5.74, 6) is -0.207. The van der Waals surface area contributed by atoms with Crippen LogP contribution >= 0.6 is 11.6 Å². The van der Waals surface area contributed by atoms with Crippen LogP contribution in [-0.4, -0.2) is 37.8 Å². The van der Waals surface area contributed by atoms with E-state index in [2.05, 4.69) is 9.71 Å². The Morgan fingerprint density at radius 1 is 1.38 bits per heavy atom. The fourth-order valence-electron chi connectivity index (χ4n) is 2.24. The van der Waals surface area contributed by atoms with Crippen LogP contribution in [-0.2, 0) is 14.8 Å². The maximum atomic E-state index is 12.4. The van der Waals surface area contributed by atoms with Gasteiger partial charge in [0.05, 0.1) is 23.9 Å². The van der Waals surface area contributed by atoms with Gasteiger partial charge in [-0.1, -0.05) is 17.7 Å². The predicted molar refractivity (Wildman–Crippen MR) is 88.0 cm³/mol. The van der Waals surface area contributed by atoms with Crippen molar-refractivity contribution in [1.29, 1.82) is 0 Å². The normalized spacial score (nSPS) is 17.6. The van der Waals surface area contributed by atoms with E-state index < -0.39 is 15.8 Å². The average molecular weight is 371 g/mol. The van der Waals surface area contributed by atoms with E-state index in [1.54, 1.807) is 0 Å². The number of para-hydroxylation sites is 1. The quantitative estimate of drug-likeness (QED) is 0.838. The molecule has 1 fully saturated rings. The van der Waals surface area contributed by atoms with Crippen molar-refractivity contribution in [3.8, 4) is 11.6 Å². The number of rotatable bonds is 5. The van der Waals surface area contributed by atoms with Gasteiger partial charge in [-0.25, -0.2) is 13.4 Å². The number of nitrogens with zero attached hydrogens (tertiary/aromatic N) is 1. The Hall–Kier alpha value is -2.03. The Balaban J connectivity index is 1.80. The zero-order valence-electron chi connectivity index (χ0n) is 12.5. The number of sulfonamides is 1. The molecule has 1 unspecified atom stereocenters. The third-order valence-electron chi connectivity index (χ3n) is 3.40. The van der Waals surface area contributed by atoms with Crippen LogP contribution in [0.1, 0.15) is 6.42 Å². The maximum Gasteiger partial charge on any atom is 0.265 e. The maximum absolute atomic E-state index is 12.4. The minimum absolute atomic E-state index is 0.0436. The van der Waals surface area contributed by atoms with Crippen molar-refractivity contribution in [2.75, 3.05) is 17.9 Å². The molecule has 0 amide bonds. The first-order valence-corrected chi connectivity index (χ1v) is 9.02. The van der Waals surface area contributed by atoms with Gasteiger partial charge in [0.1, 0.15) is 11.0 Å². The molecule has 0 radical (unpaired) electrons. The number of phenols is 1. The van der Waals surface area contributed by atoms with Gasteiger partial charge in [0, 0.05) is 18.7 Å². The molecule has 128 valence electrons. The highest BCUT2D eigenvalue weighted by molar-refractivity contribution is 7.92. The zero-order valence-corrected chi connectivity index (χ0v) is 14.0. The van der Waals surface area contributed by atoms with Gasteiger partial charge in [0.2, 0.25) is 5.88 Å². The van der Waals surface area contributed by atoms with Crippen molar-refractivity contribution >= 4 is 27.3 Å². The molecule has 0 spiro atoms. The van der Waals surface area contributed by atoms with E-state index in [0.29, 0.717) is 19.1 Å². The number of benzene rings is 1. The zero-order chi connectivity index (χ0) is 17.2. The molecule has 2 heterocycles. The van der Waals surface area contributed by atoms with E-state index in [-0.39, 0.29) is 21.7 Å². The minimum Gasteiger partial charge on any atom is -0.505 e. The van der Waals surface area contributed by atoms with Crippen LogP contribution in [0.3, 0.4) is 0 Å². The number of hydrogen-bond acceptors (Lipinski definition) is 6. The largest absolute Gasteiger partial charge is 0.505 e. The van der Waals surface area contributed by atoms with Crippen LogP contribution in [0.4, 0.5) is 5.69 Å². The van der Waals surface area contributed by atoms with E-state index in [1.165, 1.54) is 36.5 Å². The Bertz CT molecular complexity index is 838. The molecule has 1 atom stereocenters. The lowest BCUT2D eigenvalue weighted by molar-refractivity contribution is 0.138. The molecular formula is C15H15ClN2O5S.